The molecule has 1 fully saturated rings. The van der Waals surface area contributed by atoms with Crippen LogP contribution in [0.4, 0.5) is 14.5 Å². The molecule has 2 aliphatic heterocycles. The Morgan fingerprint density at radius 3 is 2.45 bits per heavy atom. The Bertz CT molecular complexity index is 933. The van der Waals surface area contributed by atoms with Gasteiger partial charge in [-0.25, -0.2) is 4.79 Å². The van der Waals surface area contributed by atoms with E-state index in [1.54, 1.807) is 32.9 Å². The van der Waals surface area contributed by atoms with Gasteiger partial charge in [-0.05, 0) is 44.9 Å². The zero-order chi connectivity index (χ0) is 21.3. The molecule has 1 aromatic rings. The van der Waals surface area contributed by atoms with E-state index in [9.17, 15) is 23.2 Å². The second-order valence-corrected chi connectivity index (χ2v) is 8.83. The predicted molar refractivity (Wildman–Crippen MR) is 102 cm³/mol. The van der Waals surface area contributed by atoms with Crippen molar-refractivity contribution in [1.82, 2.24) is 0 Å². The van der Waals surface area contributed by atoms with Crippen molar-refractivity contribution < 1.29 is 37.0 Å². The van der Waals surface area contributed by atoms with Gasteiger partial charge in [0.2, 0.25) is 0 Å². The summed E-state index contributed by atoms with van der Waals surface area (Å²) in [6, 6.07) is 4.69. The standard InChI is InChI=1S/C19H22F2NO6P/c1-11-5-6-15(16(9-11)28-19(20)21)22-12(2)14(18(23)24)10-17(13(22)3)29(25)26-7-4-8-27-29/h5-6,9,19H,4,7-8,10H2,1-3H3,(H,23,24). The normalized spacial score (nSPS) is 19.7. The molecule has 3 rings (SSSR count). The largest absolute Gasteiger partial charge is 0.478 e. The summed E-state index contributed by atoms with van der Waals surface area (Å²) in [6.07, 6.45) is 0.447. The number of carboxylic acid groups (broad SMARTS) is 1. The van der Waals surface area contributed by atoms with Crippen LogP contribution in [0.1, 0.15) is 32.3 Å². The van der Waals surface area contributed by atoms with Gasteiger partial charge in [-0.15, -0.1) is 0 Å². The molecule has 0 spiro atoms. The molecule has 1 saturated heterocycles. The summed E-state index contributed by atoms with van der Waals surface area (Å²) in [4.78, 5) is 13.3. The number of aliphatic carboxylic acids is 1. The number of halogens is 2. The molecule has 10 heteroatoms. The summed E-state index contributed by atoms with van der Waals surface area (Å²) in [5.41, 5.74) is 1.59. The van der Waals surface area contributed by atoms with Crippen LogP contribution in [-0.4, -0.2) is 30.9 Å². The molecular formula is C19H22F2NO6P. The fraction of sp³-hybridized carbons (Fsp3) is 0.421. The Balaban J connectivity index is 2.20. The van der Waals surface area contributed by atoms with Crippen LogP contribution >= 0.6 is 7.60 Å². The lowest BCUT2D eigenvalue weighted by atomic mass is 10.0. The summed E-state index contributed by atoms with van der Waals surface area (Å²) in [7, 11) is -3.71. The summed E-state index contributed by atoms with van der Waals surface area (Å²) in [6.45, 7) is 2.31. The molecule has 0 aliphatic carbocycles. The molecule has 7 nitrogen and oxygen atoms in total. The van der Waals surface area contributed by atoms with Gasteiger partial charge in [-0.3, -0.25) is 4.57 Å². The van der Waals surface area contributed by atoms with E-state index in [0.717, 1.165) is 0 Å². The highest BCUT2D eigenvalue weighted by Crippen LogP contribution is 2.62. The van der Waals surface area contributed by atoms with Gasteiger partial charge in [0, 0.05) is 17.8 Å². The molecule has 0 bridgehead atoms. The van der Waals surface area contributed by atoms with Crippen molar-refractivity contribution in [3.05, 3.63) is 46.0 Å². The van der Waals surface area contributed by atoms with Crippen molar-refractivity contribution in [2.24, 2.45) is 0 Å². The lowest BCUT2D eigenvalue weighted by Crippen LogP contribution is -2.29. The molecule has 0 aromatic heterocycles. The Morgan fingerprint density at radius 2 is 1.86 bits per heavy atom. The maximum atomic E-state index is 13.3. The molecule has 29 heavy (non-hydrogen) atoms. The van der Waals surface area contributed by atoms with Crippen LogP contribution in [-0.2, 0) is 18.4 Å². The number of ether oxygens (including phenoxy) is 1. The smallest absolute Gasteiger partial charge is 0.387 e. The topological polar surface area (TPSA) is 85.3 Å². The highest BCUT2D eigenvalue weighted by molar-refractivity contribution is 7.58. The molecule has 0 amide bonds. The van der Waals surface area contributed by atoms with E-state index in [4.69, 9.17) is 9.05 Å². The minimum Gasteiger partial charge on any atom is -0.478 e. The molecule has 2 heterocycles. The third kappa shape index (κ3) is 4.22. The Labute approximate surface area is 167 Å². The number of nitrogens with zero attached hydrogens (tertiary/aromatic N) is 1. The molecule has 0 unspecified atom stereocenters. The van der Waals surface area contributed by atoms with E-state index >= 15 is 0 Å². The van der Waals surface area contributed by atoms with Gasteiger partial charge in [-0.1, -0.05) is 6.07 Å². The number of aryl methyl sites for hydroxylation is 1. The van der Waals surface area contributed by atoms with E-state index < -0.39 is 20.2 Å². The molecule has 0 saturated carbocycles. The first kappa shape index (κ1) is 21.5. The first-order chi connectivity index (χ1) is 13.6. The zero-order valence-electron chi connectivity index (χ0n) is 16.3. The number of carbonyl (C=O) groups is 1. The first-order valence-electron chi connectivity index (χ1n) is 9.02. The van der Waals surface area contributed by atoms with E-state index in [0.29, 0.717) is 23.4 Å². The van der Waals surface area contributed by atoms with E-state index in [2.05, 4.69) is 4.74 Å². The number of allylic oxidation sites excluding steroid dienone is 3. The number of carboxylic acids is 1. The molecule has 1 aromatic carbocycles. The fourth-order valence-electron chi connectivity index (χ4n) is 3.44. The van der Waals surface area contributed by atoms with Gasteiger partial charge in [0.05, 0.1) is 29.8 Å². The number of hydrogen-bond acceptors (Lipinski definition) is 6. The Hall–Kier alpha value is -2.22. The minimum absolute atomic E-state index is 0.0258. The Morgan fingerprint density at radius 1 is 1.21 bits per heavy atom. The van der Waals surface area contributed by atoms with Crippen LogP contribution in [0.5, 0.6) is 5.75 Å². The number of alkyl halides is 2. The van der Waals surface area contributed by atoms with Gasteiger partial charge < -0.3 is 23.8 Å². The van der Waals surface area contributed by atoms with E-state index in [-0.39, 0.29) is 42.0 Å². The van der Waals surface area contributed by atoms with Crippen molar-refractivity contribution in [2.45, 2.75) is 40.2 Å². The Kier molecular flexibility index (Phi) is 6.12. The van der Waals surface area contributed by atoms with Crippen LogP contribution < -0.4 is 9.64 Å². The van der Waals surface area contributed by atoms with Crippen LogP contribution in [0, 0.1) is 6.92 Å². The van der Waals surface area contributed by atoms with Crippen LogP contribution in [0.25, 0.3) is 0 Å². The minimum atomic E-state index is -3.71. The lowest BCUT2D eigenvalue weighted by molar-refractivity contribution is -0.132. The molecule has 0 radical (unpaired) electrons. The number of hydrogen-bond donors (Lipinski definition) is 1. The second kappa shape index (κ2) is 8.26. The van der Waals surface area contributed by atoms with Gasteiger partial charge in [0.15, 0.2) is 0 Å². The summed E-state index contributed by atoms with van der Waals surface area (Å²) < 4.78 is 54.8. The van der Waals surface area contributed by atoms with Crippen LogP contribution in [0.2, 0.25) is 0 Å². The van der Waals surface area contributed by atoms with Gasteiger partial charge >= 0.3 is 20.2 Å². The van der Waals surface area contributed by atoms with Gasteiger partial charge in [0.25, 0.3) is 0 Å². The van der Waals surface area contributed by atoms with Gasteiger partial charge in [-0.2, -0.15) is 8.78 Å². The molecule has 0 atom stereocenters. The summed E-state index contributed by atoms with van der Waals surface area (Å²) in [5.74, 6) is -1.32. The van der Waals surface area contributed by atoms with Crippen molar-refractivity contribution in [3.63, 3.8) is 0 Å². The predicted octanol–water partition coefficient (Wildman–Crippen LogP) is 5.03. The average Bonchev–Trinajstić information content (AvgIpc) is 2.63. The van der Waals surface area contributed by atoms with Crippen molar-refractivity contribution >= 4 is 19.3 Å². The molecule has 2 aliphatic rings. The molecule has 1 N–H and O–H groups in total. The fourth-order valence-corrected chi connectivity index (χ4v) is 5.42. The van der Waals surface area contributed by atoms with Crippen molar-refractivity contribution in [1.29, 1.82) is 0 Å². The third-order valence-corrected chi connectivity index (χ3v) is 7.03. The molecular weight excluding hydrogens is 407 g/mol. The molecule has 158 valence electrons. The first-order valence-corrected chi connectivity index (χ1v) is 10.6. The average molecular weight is 429 g/mol. The summed E-state index contributed by atoms with van der Waals surface area (Å²) >= 11 is 0. The quantitative estimate of drug-likeness (QED) is 0.658. The monoisotopic (exact) mass is 429 g/mol. The highest BCUT2D eigenvalue weighted by Gasteiger charge is 2.41. The van der Waals surface area contributed by atoms with E-state index in [1.165, 1.54) is 11.0 Å². The summed E-state index contributed by atoms with van der Waals surface area (Å²) in [5, 5.41) is 9.89. The van der Waals surface area contributed by atoms with E-state index in [1.807, 2.05) is 0 Å². The van der Waals surface area contributed by atoms with Crippen LogP contribution in [0.15, 0.2) is 40.5 Å². The van der Waals surface area contributed by atoms with Crippen molar-refractivity contribution in [3.8, 4) is 5.75 Å². The second-order valence-electron chi connectivity index (χ2n) is 6.78. The third-order valence-electron chi connectivity index (χ3n) is 4.84. The number of anilines is 1. The highest BCUT2D eigenvalue weighted by atomic mass is 31.2. The SMILES string of the molecule is CC1=C(C(=O)O)CC(P2(=O)OCCCO2)=C(C)N1c1ccc(C)cc1OC(F)F. The van der Waals surface area contributed by atoms with Crippen molar-refractivity contribution in [2.75, 3.05) is 18.1 Å². The van der Waals surface area contributed by atoms with Crippen LogP contribution in [0.3, 0.4) is 0 Å². The lowest BCUT2D eigenvalue weighted by Gasteiger charge is -2.37. The number of benzene rings is 1. The zero-order valence-corrected chi connectivity index (χ0v) is 17.2. The maximum Gasteiger partial charge on any atom is 0.387 e. The maximum absolute atomic E-state index is 13.3. The number of rotatable bonds is 5. The van der Waals surface area contributed by atoms with Gasteiger partial charge in [0.1, 0.15) is 5.75 Å².